The van der Waals surface area contributed by atoms with Gasteiger partial charge >= 0.3 is 5.97 Å². The van der Waals surface area contributed by atoms with E-state index in [0.29, 0.717) is 11.7 Å². The monoisotopic (exact) mass is 267 g/mol. The number of carboxylic acids is 1. The highest BCUT2D eigenvalue weighted by Gasteiger charge is 2.20. The zero-order valence-electron chi connectivity index (χ0n) is 11.6. The molecule has 0 fully saturated rings. The molecule has 0 aliphatic carbocycles. The van der Waals surface area contributed by atoms with E-state index in [1.165, 1.54) is 6.92 Å². The van der Waals surface area contributed by atoms with Crippen LogP contribution in [0, 0.1) is 0 Å². The summed E-state index contributed by atoms with van der Waals surface area (Å²) < 4.78 is 1.86. The van der Waals surface area contributed by atoms with Crippen LogP contribution in [0.1, 0.15) is 45.3 Å². The molecule has 0 radical (unpaired) electrons. The smallest absolute Gasteiger partial charge is 0.326 e. The molecule has 1 amide bonds. The summed E-state index contributed by atoms with van der Waals surface area (Å²) >= 11 is 0. The van der Waals surface area contributed by atoms with Gasteiger partial charge in [-0.3, -0.25) is 9.48 Å². The van der Waals surface area contributed by atoms with E-state index in [0.717, 1.165) is 12.8 Å². The summed E-state index contributed by atoms with van der Waals surface area (Å²) in [4.78, 5) is 22.0. The fourth-order valence-corrected chi connectivity index (χ4v) is 2.01. The van der Waals surface area contributed by atoms with Gasteiger partial charge in [-0.05, 0) is 18.9 Å². The van der Waals surface area contributed by atoms with Gasteiger partial charge in [0.05, 0.1) is 11.7 Å². The predicted octanol–water partition coefficient (Wildman–Crippen LogP) is 1.38. The Labute approximate surface area is 112 Å². The zero-order valence-corrected chi connectivity index (χ0v) is 11.6. The molecule has 0 saturated carbocycles. The molecule has 0 aliphatic rings. The van der Waals surface area contributed by atoms with Crippen LogP contribution in [-0.4, -0.2) is 32.8 Å². The van der Waals surface area contributed by atoms with Crippen LogP contribution in [0.15, 0.2) is 12.3 Å². The molecule has 1 aromatic heterocycles. The number of rotatable bonds is 7. The molecule has 1 rings (SSSR count). The number of hydrogen-bond acceptors (Lipinski definition) is 3. The number of amides is 1. The molecule has 0 aliphatic heterocycles. The molecule has 0 spiro atoms. The number of nitrogens with one attached hydrogen (secondary N) is 1. The largest absolute Gasteiger partial charge is 0.480 e. The van der Waals surface area contributed by atoms with E-state index in [1.807, 2.05) is 10.9 Å². The molecule has 2 N–H and O–H groups in total. The molecule has 0 aromatic carbocycles. The van der Waals surface area contributed by atoms with Crippen molar-refractivity contribution in [1.82, 2.24) is 15.1 Å². The summed E-state index contributed by atoms with van der Waals surface area (Å²) in [6, 6.07) is 1.20. The van der Waals surface area contributed by atoms with Crippen molar-refractivity contribution in [3.8, 4) is 0 Å². The Morgan fingerprint density at radius 3 is 2.53 bits per heavy atom. The number of aromatic nitrogens is 2. The van der Waals surface area contributed by atoms with Crippen LogP contribution in [0.25, 0.3) is 0 Å². The van der Waals surface area contributed by atoms with Crippen molar-refractivity contribution in [3.05, 3.63) is 18.0 Å². The lowest BCUT2D eigenvalue weighted by atomic mass is 10.1. The van der Waals surface area contributed by atoms with Gasteiger partial charge in [-0.1, -0.05) is 13.8 Å². The molecule has 19 heavy (non-hydrogen) atoms. The lowest BCUT2D eigenvalue weighted by Gasteiger charge is -2.13. The van der Waals surface area contributed by atoms with E-state index >= 15 is 0 Å². The fourth-order valence-electron chi connectivity index (χ4n) is 2.01. The van der Waals surface area contributed by atoms with E-state index in [4.69, 9.17) is 5.11 Å². The number of aliphatic carboxylic acids is 1. The van der Waals surface area contributed by atoms with Crippen LogP contribution in [-0.2, 0) is 16.0 Å². The van der Waals surface area contributed by atoms with Crippen LogP contribution in [0.4, 0.5) is 0 Å². The SMILES string of the molecule is CCC(CC)n1ccc(CC(NC(C)=O)C(=O)O)n1. The maximum Gasteiger partial charge on any atom is 0.326 e. The van der Waals surface area contributed by atoms with Crippen molar-refractivity contribution in [2.24, 2.45) is 0 Å². The number of carbonyl (C=O) groups excluding carboxylic acids is 1. The minimum atomic E-state index is -1.05. The summed E-state index contributed by atoms with van der Waals surface area (Å²) in [5, 5.41) is 15.8. The van der Waals surface area contributed by atoms with Gasteiger partial charge in [-0.2, -0.15) is 5.10 Å². The van der Waals surface area contributed by atoms with E-state index < -0.39 is 12.0 Å². The highest BCUT2D eigenvalue weighted by molar-refractivity contribution is 5.82. The maximum absolute atomic E-state index is 11.0. The Hall–Kier alpha value is -1.85. The average molecular weight is 267 g/mol. The van der Waals surface area contributed by atoms with Gasteiger partial charge in [0.25, 0.3) is 0 Å². The Kier molecular flexibility index (Phi) is 5.54. The second-order valence-corrected chi connectivity index (χ2v) is 4.55. The number of nitrogens with zero attached hydrogens (tertiary/aromatic N) is 2. The third-order valence-electron chi connectivity index (χ3n) is 3.07. The molecule has 6 heteroatoms. The van der Waals surface area contributed by atoms with Crippen molar-refractivity contribution >= 4 is 11.9 Å². The van der Waals surface area contributed by atoms with Gasteiger partial charge in [-0.25, -0.2) is 4.79 Å². The molecule has 1 unspecified atom stereocenters. The Morgan fingerprint density at radius 1 is 1.42 bits per heavy atom. The third kappa shape index (κ3) is 4.39. The van der Waals surface area contributed by atoms with Crippen molar-refractivity contribution in [1.29, 1.82) is 0 Å². The van der Waals surface area contributed by atoms with Gasteiger partial charge in [0.1, 0.15) is 6.04 Å². The van der Waals surface area contributed by atoms with Crippen molar-refractivity contribution in [3.63, 3.8) is 0 Å². The molecule has 1 atom stereocenters. The standard InChI is InChI=1S/C13H21N3O3/c1-4-11(5-2)16-7-6-10(15-16)8-12(13(18)19)14-9(3)17/h6-7,11-12H,4-5,8H2,1-3H3,(H,14,17)(H,18,19). The first-order chi connectivity index (χ1) is 8.97. The molecule has 0 bridgehead atoms. The summed E-state index contributed by atoms with van der Waals surface area (Å²) in [6.07, 6.45) is 4.01. The van der Waals surface area contributed by atoms with Gasteiger partial charge in [0.15, 0.2) is 0 Å². The molecule has 1 aromatic rings. The van der Waals surface area contributed by atoms with Crippen LogP contribution in [0.2, 0.25) is 0 Å². The summed E-state index contributed by atoms with van der Waals surface area (Å²) in [6.45, 7) is 5.48. The quantitative estimate of drug-likeness (QED) is 0.781. The molecular weight excluding hydrogens is 246 g/mol. The van der Waals surface area contributed by atoms with E-state index in [2.05, 4.69) is 24.3 Å². The van der Waals surface area contributed by atoms with Crippen LogP contribution >= 0.6 is 0 Å². The molecule has 0 saturated heterocycles. The highest BCUT2D eigenvalue weighted by atomic mass is 16.4. The Morgan fingerprint density at radius 2 is 2.05 bits per heavy atom. The van der Waals surface area contributed by atoms with Crippen molar-refractivity contribution in [2.45, 2.75) is 52.1 Å². The first-order valence-electron chi connectivity index (χ1n) is 6.51. The summed E-state index contributed by atoms with van der Waals surface area (Å²) in [5.74, 6) is -1.40. The second-order valence-electron chi connectivity index (χ2n) is 4.55. The fraction of sp³-hybridized carbons (Fsp3) is 0.615. The molecular formula is C13H21N3O3. The first kappa shape index (κ1) is 15.2. The lowest BCUT2D eigenvalue weighted by molar-refractivity contribution is -0.141. The van der Waals surface area contributed by atoms with Gasteiger partial charge in [0.2, 0.25) is 5.91 Å². The van der Waals surface area contributed by atoms with E-state index in [1.54, 1.807) is 6.07 Å². The Balaban J connectivity index is 2.75. The van der Waals surface area contributed by atoms with Crippen LogP contribution < -0.4 is 5.32 Å². The second kappa shape index (κ2) is 6.92. The summed E-state index contributed by atoms with van der Waals surface area (Å²) in [5.41, 5.74) is 0.674. The zero-order chi connectivity index (χ0) is 14.4. The Bertz CT molecular complexity index is 438. The number of hydrogen-bond donors (Lipinski definition) is 2. The van der Waals surface area contributed by atoms with Crippen LogP contribution in [0.5, 0.6) is 0 Å². The molecule has 1 heterocycles. The predicted molar refractivity (Wildman–Crippen MR) is 70.8 cm³/mol. The van der Waals surface area contributed by atoms with Crippen LogP contribution in [0.3, 0.4) is 0 Å². The summed E-state index contributed by atoms with van der Waals surface area (Å²) in [7, 11) is 0. The number of carbonyl (C=O) groups is 2. The third-order valence-corrected chi connectivity index (χ3v) is 3.07. The van der Waals surface area contributed by atoms with E-state index in [9.17, 15) is 9.59 Å². The average Bonchev–Trinajstić information content (AvgIpc) is 2.78. The normalized spacial score (nSPS) is 12.4. The molecule has 6 nitrogen and oxygen atoms in total. The molecule has 106 valence electrons. The van der Waals surface area contributed by atoms with E-state index in [-0.39, 0.29) is 12.3 Å². The highest BCUT2D eigenvalue weighted by Crippen LogP contribution is 2.15. The van der Waals surface area contributed by atoms with Crippen molar-refractivity contribution in [2.75, 3.05) is 0 Å². The lowest BCUT2D eigenvalue weighted by Crippen LogP contribution is -2.41. The van der Waals surface area contributed by atoms with Crippen molar-refractivity contribution < 1.29 is 14.7 Å². The van der Waals surface area contributed by atoms with Gasteiger partial charge < -0.3 is 10.4 Å². The van der Waals surface area contributed by atoms with Gasteiger partial charge in [0, 0.05) is 19.5 Å². The minimum absolute atomic E-state index is 0.196. The number of carboxylic acid groups (broad SMARTS) is 1. The maximum atomic E-state index is 11.0. The first-order valence-corrected chi connectivity index (χ1v) is 6.51. The topological polar surface area (TPSA) is 84.2 Å². The van der Waals surface area contributed by atoms with Gasteiger partial charge in [-0.15, -0.1) is 0 Å². The minimum Gasteiger partial charge on any atom is -0.480 e.